The smallest absolute Gasteiger partial charge is 0.223 e. The van der Waals surface area contributed by atoms with Gasteiger partial charge < -0.3 is 0 Å². The fraction of sp³-hybridized carbons (Fsp3) is 0.0833. The van der Waals surface area contributed by atoms with Crippen LogP contribution >= 0.6 is 34.8 Å². The molecule has 1 heterocycles. The minimum Gasteiger partial charge on any atom is -0.223 e. The first-order chi connectivity index (χ1) is 8.05. The molecule has 0 aliphatic rings. The van der Waals surface area contributed by atoms with Crippen molar-refractivity contribution in [3.63, 3.8) is 0 Å². The maximum Gasteiger partial charge on any atom is 0.286 e. The maximum atomic E-state index is 5.70. The summed E-state index contributed by atoms with van der Waals surface area (Å²) in [5.74, 6) is 0. The number of halogens is 3. The van der Waals surface area contributed by atoms with Gasteiger partial charge in [-0.05, 0) is 17.7 Å². The molecular weight excluding hydrogens is 279 g/mol. The van der Waals surface area contributed by atoms with Crippen molar-refractivity contribution in [2.75, 3.05) is 0 Å². The van der Waals surface area contributed by atoms with Crippen LogP contribution < -0.4 is 0 Å². The third kappa shape index (κ3) is 3.50. The number of aromatic nitrogens is 2. The van der Waals surface area contributed by atoms with E-state index in [1.165, 1.54) is 4.68 Å². The molecule has 0 saturated carbocycles. The third-order valence-electron chi connectivity index (χ3n) is 2.12. The maximum absolute atomic E-state index is 5.70. The van der Waals surface area contributed by atoms with Gasteiger partial charge in [0.05, 0.1) is 5.69 Å². The van der Waals surface area contributed by atoms with Gasteiger partial charge in [0.2, 0.25) is 0 Å². The van der Waals surface area contributed by atoms with Crippen LogP contribution in [0.25, 0.3) is 12.2 Å². The van der Waals surface area contributed by atoms with Crippen molar-refractivity contribution in [3.05, 3.63) is 53.9 Å². The molecule has 1 aromatic carbocycles. The summed E-state index contributed by atoms with van der Waals surface area (Å²) in [6.07, 6.45) is 5.44. The van der Waals surface area contributed by atoms with Gasteiger partial charge in [0.15, 0.2) is 0 Å². The van der Waals surface area contributed by atoms with E-state index in [9.17, 15) is 0 Å². The minimum atomic E-state index is -1.54. The van der Waals surface area contributed by atoms with E-state index < -0.39 is 3.92 Å². The molecule has 88 valence electrons. The van der Waals surface area contributed by atoms with Gasteiger partial charge in [-0.3, -0.25) is 0 Å². The Kier molecular flexibility index (Phi) is 3.77. The zero-order valence-electron chi connectivity index (χ0n) is 8.72. The summed E-state index contributed by atoms with van der Waals surface area (Å²) in [6, 6.07) is 11.7. The molecule has 5 heteroatoms. The first-order valence-corrected chi connectivity index (χ1v) is 6.05. The Hall–Kier alpha value is -0.960. The van der Waals surface area contributed by atoms with Crippen molar-refractivity contribution < 1.29 is 0 Å². The van der Waals surface area contributed by atoms with Gasteiger partial charge in [0.1, 0.15) is 0 Å². The Balaban J connectivity index is 2.15. The summed E-state index contributed by atoms with van der Waals surface area (Å²) in [7, 11) is 0. The average molecular weight is 288 g/mol. The highest BCUT2D eigenvalue weighted by Gasteiger charge is 2.22. The van der Waals surface area contributed by atoms with Crippen molar-refractivity contribution in [1.29, 1.82) is 0 Å². The van der Waals surface area contributed by atoms with Gasteiger partial charge in [-0.25, -0.2) is 4.68 Å². The highest BCUT2D eigenvalue weighted by molar-refractivity contribution is 6.64. The van der Waals surface area contributed by atoms with E-state index in [-0.39, 0.29) is 0 Å². The number of hydrogen-bond donors (Lipinski definition) is 0. The molecule has 0 atom stereocenters. The summed E-state index contributed by atoms with van der Waals surface area (Å²) < 4.78 is -0.263. The van der Waals surface area contributed by atoms with Gasteiger partial charge >= 0.3 is 0 Å². The number of hydrogen-bond acceptors (Lipinski definition) is 1. The van der Waals surface area contributed by atoms with E-state index in [0.717, 1.165) is 11.3 Å². The molecule has 0 amide bonds. The van der Waals surface area contributed by atoms with Crippen LogP contribution in [-0.4, -0.2) is 9.78 Å². The lowest BCUT2D eigenvalue weighted by atomic mass is 10.2. The molecular formula is C12H9Cl3N2. The van der Waals surface area contributed by atoms with E-state index in [2.05, 4.69) is 5.10 Å². The van der Waals surface area contributed by atoms with Crippen LogP contribution in [0.4, 0.5) is 0 Å². The molecule has 2 aromatic rings. The van der Waals surface area contributed by atoms with E-state index >= 15 is 0 Å². The topological polar surface area (TPSA) is 17.8 Å². The van der Waals surface area contributed by atoms with Gasteiger partial charge in [-0.15, -0.1) is 0 Å². The molecule has 0 N–H and O–H groups in total. The molecule has 0 aliphatic carbocycles. The number of nitrogens with zero attached hydrogens (tertiary/aromatic N) is 2. The number of rotatable bonds is 2. The summed E-state index contributed by atoms with van der Waals surface area (Å²) in [5, 5.41) is 4.13. The molecule has 0 fully saturated rings. The molecule has 2 nitrogen and oxygen atoms in total. The minimum absolute atomic E-state index is 0.736. The summed E-state index contributed by atoms with van der Waals surface area (Å²) in [6.45, 7) is 0. The predicted octanol–water partition coefficient (Wildman–Crippen LogP) is 4.34. The predicted molar refractivity (Wildman–Crippen MR) is 73.1 cm³/mol. The molecule has 2 rings (SSSR count). The van der Waals surface area contributed by atoms with Crippen LogP contribution in [0.1, 0.15) is 11.3 Å². The van der Waals surface area contributed by atoms with Gasteiger partial charge in [-0.2, -0.15) is 5.10 Å². The lowest BCUT2D eigenvalue weighted by molar-refractivity contribution is 0.672. The quantitative estimate of drug-likeness (QED) is 0.751. The van der Waals surface area contributed by atoms with Crippen molar-refractivity contribution in [2.45, 2.75) is 3.92 Å². The fourth-order valence-corrected chi connectivity index (χ4v) is 1.60. The second-order valence-electron chi connectivity index (χ2n) is 3.40. The molecule has 0 spiro atoms. The van der Waals surface area contributed by atoms with E-state index in [4.69, 9.17) is 34.8 Å². The summed E-state index contributed by atoms with van der Waals surface area (Å²) >= 11 is 17.1. The molecule has 0 aliphatic heterocycles. The molecule has 0 unspecified atom stereocenters. The second-order valence-corrected chi connectivity index (χ2v) is 5.62. The molecule has 0 radical (unpaired) electrons. The van der Waals surface area contributed by atoms with Gasteiger partial charge in [0.25, 0.3) is 3.92 Å². The Labute approximate surface area is 114 Å². The first-order valence-electron chi connectivity index (χ1n) is 4.92. The Morgan fingerprint density at radius 2 is 1.71 bits per heavy atom. The normalized spacial score (nSPS) is 12.2. The summed E-state index contributed by atoms with van der Waals surface area (Å²) in [5.41, 5.74) is 1.83. The van der Waals surface area contributed by atoms with Crippen LogP contribution in [-0.2, 0) is 3.92 Å². The number of benzene rings is 1. The van der Waals surface area contributed by atoms with Crippen molar-refractivity contribution in [3.8, 4) is 0 Å². The Morgan fingerprint density at radius 3 is 2.29 bits per heavy atom. The van der Waals surface area contributed by atoms with Crippen LogP contribution in [0, 0.1) is 0 Å². The molecule has 17 heavy (non-hydrogen) atoms. The average Bonchev–Trinajstić information content (AvgIpc) is 2.76. The number of alkyl halides is 3. The van der Waals surface area contributed by atoms with Gasteiger partial charge in [-0.1, -0.05) is 71.2 Å². The summed E-state index contributed by atoms with van der Waals surface area (Å²) in [4.78, 5) is 0. The zero-order chi connectivity index (χ0) is 12.3. The lowest BCUT2D eigenvalue weighted by Crippen LogP contribution is -2.12. The van der Waals surface area contributed by atoms with Crippen LogP contribution in [0.5, 0.6) is 0 Å². The van der Waals surface area contributed by atoms with Crippen LogP contribution in [0.15, 0.2) is 42.6 Å². The van der Waals surface area contributed by atoms with E-state index in [1.54, 1.807) is 12.3 Å². The van der Waals surface area contributed by atoms with E-state index in [0.29, 0.717) is 0 Å². The molecule has 1 aromatic heterocycles. The van der Waals surface area contributed by atoms with Crippen molar-refractivity contribution in [2.24, 2.45) is 0 Å². The second kappa shape index (κ2) is 5.13. The highest BCUT2D eigenvalue weighted by atomic mass is 35.6. The highest BCUT2D eigenvalue weighted by Crippen LogP contribution is 2.31. The Bertz CT molecular complexity index is 512. The molecule has 0 saturated heterocycles. The van der Waals surface area contributed by atoms with E-state index in [1.807, 2.05) is 42.5 Å². The van der Waals surface area contributed by atoms with Gasteiger partial charge in [0, 0.05) is 6.20 Å². The SMILES string of the molecule is ClC(Cl)(Cl)n1ccc(C=Cc2ccccc2)n1. The third-order valence-corrected chi connectivity index (χ3v) is 2.64. The van der Waals surface area contributed by atoms with Crippen molar-refractivity contribution in [1.82, 2.24) is 9.78 Å². The first kappa shape index (κ1) is 12.5. The monoisotopic (exact) mass is 286 g/mol. The van der Waals surface area contributed by atoms with Crippen molar-refractivity contribution >= 4 is 47.0 Å². The van der Waals surface area contributed by atoms with Crippen LogP contribution in [0.3, 0.4) is 0 Å². The zero-order valence-corrected chi connectivity index (χ0v) is 11.0. The lowest BCUT2D eigenvalue weighted by Gasteiger charge is -2.09. The standard InChI is InChI=1S/C12H9Cl3N2/c13-12(14,15)17-9-8-11(16-17)7-6-10-4-2-1-3-5-10/h1-9H. The largest absolute Gasteiger partial charge is 0.286 e. The molecule has 0 bridgehead atoms. The Morgan fingerprint density at radius 1 is 1.00 bits per heavy atom. The van der Waals surface area contributed by atoms with Crippen LogP contribution in [0.2, 0.25) is 0 Å². The fourth-order valence-electron chi connectivity index (χ4n) is 1.31.